The molecular weight excluding hydrogens is 370 g/mol. The van der Waals surface area contributed by atoms with Crippen LogP contribution in [0.2, 0.25) is 0 Å². The minimum absolute atomic E-state index is 0.0211. The number of ether oxygens (including phenoxy) is 2. The van der Waals surface area contributed by atoms with Crippen molar-refractivity contribution in [1.29, 1.82) is 0 Å². The van der Waals surface area contributed by atoms with Crippen LogP contribution in [0.25, 0.3) is 10.9 Å². The second-order valence-electron chi connectivity index (χ2n) is 6.65. The number of aromatic nitrogens is 1. The third kappa shape index (κ3) is 4.70. The van der Waals surface area contributed by atoms with Crippen LogP contribution in [-0.2, 0) is 9.53 Å². The Morgan fingerprint density at radius 1 is 1.00 bits per heavy atom. The zero-order chi connectivity index (χ0) is 20.1. The van der Waals surface area contributed by atoms with Crippen LogP contribution in [0.15, 0.2) is 60.7 Å². The Morgan fingerprint density at radius 2 is 1.76 bits per heavy atom. The first-order valence-corrected chi connectivity index (χ1v) is 9.44. The van der Waals surface area contributed by atoms with E-state index in [1.165, 1.54) is 0 Å². The highest BCUT2D eigenvalue weighted by molar-refractivity contribution is 6.04. The van der Waals surface area contributed by atoms with Crippen LogP contribution in [0.3, 0.4) is 0 Å². The van der Waals surface area contributed by atoms with E-state index in [0.29, 0.717) is 43.4 Å². The van der Waals surface area contributed by atoms with Crippen LogP contribution >= 0.6 is 0 Å². The largest absolute Gasteiger partial charge is 0.484 e. The van der Waals surface area contributed by atoms with E-state index >= 15 is 0 Å². The third-order valence-electron chi connectivity index (χ3n) is 4.67. The van der Waals surface area contributed by atoms with Gasteiger partial charge < -0.3 is 19.7 Å². The molecule has 2 aromatic carbocycles. The molecule has 0 atom stereocenters. The quantitative estimate of drug-likeness (QED) is 0.723. The number of nitrogens with zero attached hydrogens (tertiary/aromatic N) is 2. The molecule has 1 aliphatic heterocycles. The van der Waals surface area contributed by atoms with Crippen LogP contribution in [0.4, 0.5) is 5.69 Å². The maximum atomic E-state index is 12.5. The minimum atomic E-state index is -0.285. The van der Waals surface area contributed by atoms with E-state index in [0.717, 1.165) is 10.9 Å². The summed E-state index contributed by atoms with van der Waals surface area (Å²) < 4.78 is 10.8. The van der Waals surface area contributed by atoms with Gasteiger partial charge in [0.25, 0.3) is 11.8 Å². The topological polar surface area (TPSA) is 80.8 Å². The van der Waals surface area contributed by atoms with Gasteiger partial charge in [0.15, 0.2) is 6.61 Å². The molecule has 7 nitrogen and oxygen atoms in total. The molecule has 1 aromatic heterocycles. The number of rotatable bonds is 5. The third-order valence-corrected chi connectivity index (χ3v) is 4.67. The van der Waals surface area contributed by atoms with Crippen LogP contribution < -0.4 is 10.1 Å². The molecule has 4 rings (SSSR count). The molecule has 2 amide bonds. The van der Waals surface area contributed by atoms with E-state index in [1.807, 2.05) is 30.3 Å². The average molecular weight is 391 g/mol. The smallest absolute Gasteiger partial charge is 0.274 e. The summed E-state index contributed by atoms with van der Waals surface area (Å²) in [5, 5.41) is 3.80. The lowest BCUT2D eigenvalue weighted by Crippen LogP contribution is -2.42. The van der Waals surface area contributed by atoms with E-state index in [-0.39, 0.29) is 18.4 Å². The number of hydrogen-bond acceptors (Lipinski definition) is 5. The Bertz CT molecular complexity index is 1010. The van der Waals surface area contributed by atoms with Crippen LogP contribution in [0.1, 0.15) is 10.5 Å². The highest BCUT2D eigenvalue weighted by atomic mass is 16.5. The van der Waals surface area contributed by atoms with E-state index in [2.05, 4.69) is 10.3 Å². The minimum Gasteiger partial charge on any atom is -0.484 e. The van der Waals surface area contributed by atoms with Gasteiger partial charge in [-0.05, 0) is 36.4 Å². The van der Waals surface area contributed by atoms with Gasteiger partial charge in [-0.2, -0.15) is 0 Å². The number of nitrogens with one attached hydrogen (secondary N) is 1. The van der Waals surface area contributed by atoms with Crippen molar-refractivity contribution >= 4 is 28.4 Å². The SMILES string of the molecule is O=C(Nc1ccc(OCC(=O)N2CCOCC2)cc1)c1ccc2ccccc2n1. The van der Waals surface area contributed by atoms with E-state index < -0.39 is 0 Å². The summed E-state index contributed by atoms with van der Waals surface area (Å²) in [6.07, 6.45) is 0. The molecule has 29 heavy (non-hydrogen) atoms. The van der Waals surface area contributed by atoms with E-state index in [1.54, 1.807) is 35.2 Å². The van der Waals surface area contributed by atoms with Crippen LogP contribution in [0.5, 0.6) is 5.75 Å². The van der Waals surface area contributed by atoms with Crippen molar-refractivity contribution in [1.82, 2.24) is 9.88 Å². The Hall–Kier alpha value is -3.45. The molecule has 1 fully saturated rings. The molecule has 3 aromatic rings. The van der Waals surface area contributed by atoms with Gasteiger partial charge in [0, 0.05) is 24.2 Å². The number of fused-ring (bicyclic) bond motifs is 1. The highest BCUT2D eigenvalue weighted by Crippen LogP contribution is 2.17. The second kappa shape index (κ2) is 8.70. The molecular formula is C22H21N3O4. The number of pyridine rings is 1. The molecule has 0 unspecified atom stereocenters. The fraction of sp³-hybridized carbons (Fsp3) is 0.227. The van der Waals surface area contributed by atoms with Crippen molar-refractivity contribution in [3.8, 4) is 5.75 Å². The van der Waals surface area contributed by atoms with Crippen LogP contribution in [-0.4, -0.2) is 54.6 Å². The van der Waals surface area contributed by atoms with Gasteiger partial charge in [-0.3, -0.25) is 9.59 Å². The molecule has 1 N–H and O–H groups in total. The number of para-hydroxylation sites is 1. The molecule has 148 valence electrons. The summed E-state index contributed by atoms with van der Waals surface area (Å²) in [5.41, 5.74) is 1.74. The molecule has 0 aliphatic carbocycles. The van der Waals surface area contributed by atoms with Crippen molar-refractivity contribution in [2.45, 2.75) is 0 Å². The maximum Gasteiger partial charge on any atom is 0.274 e. The summed E-state index contributed by atoms with van der Waals surface area (Å²) in [6.45, 7) is 2.29. The summed E-state index contributed by atoms with van der Waals surface area (Å²) in [7, 11) is 0. The lowest BCUT2D eigenvalue weighted by Gasteiger charge is -2.26. The van der Waals surface area contributed by atoms with Crippen molar-refractivity contribution in [3.63, 3.8) is 0 Å². The summed E-state index contributed by atoms with van der Waals surface area (Å²) >= 11 is 0. The van der Waals surface area contributed by atoms with Crippen LogP contribution in [0, 0.1) is 0 Å². The number of carbonyl (C=O) groups excluding carboxylic acids is 2. The number of carbonyl (C=O) groups is 2. The second-order valence-corrected chi connectivity index (χ2v) is 6.65. The Labute approximate surface area is 168 Å². The number of hydrogen-bond donors (Lipinski definition) is 1. The zero-order valence-corrected chi connectivity index (χ0v) is 15.8. The fourth-order valence-electron chi connectivity index (χ4n) is 3.07. The molecule has 0 saturated carbocycles. The maximum absolute atomic E-state index is 12.5. The van der Waals surface area contributed by atoms with Crippen molar-refractivity contribution < 1.29 is 19.1 Å². The number of anilines is 1. The van der Waals surface area contributed by atoms with Crippen molar-refractivity contribution in [2.24, 2.45) is 0 Å². The molecule has 0 spiro atoms. The van der Waals surface area contributed by atoms with Gasteiger partial charge in [0.2, 0.25) is 0 Å². The fourth-order valence-corrected chi connectivity index (χ4v) is 3.07. The normalized spacial score (nSPS) is 13.9. The lowest BCUT2D eigenvalue weighted by molar-refractivity contribution is -0.137. The standard InChI is InChI=1S/C22H21N3O4/c26-21(25-11-13-28-14-12-25)15-29-18-8-6-17(7-9-18)23-22(27)20-10-5-16-3-1-2-4-19(16)24-20/h1-10H,11-15H2,(H,23,27). The number of morpholine rings is 1. The van der Waals surface area contributed by atoms with Gasteiger partial charge in [0.05, 0.1) is 18.7 Å². The lowest BCUT2D eigenvalue weighted by atomic mass is 10.2. The van der Waals surface area contributed by atoms with Gasteiger partial charge in [-0.15, -0.1) is 0 Å². The van der Waals surface area contributed by atoms with Crippen molar-refractivity contribution in [2.75, 3.05) is 38.2 Å². The van der Waals surface area contributed by atoms with Gasteiger partial charge in [0.1, 0.15) is 11.4 Å². The van der Waals surface area contributed by atoms with E-state index in [9.17, 15) is 9.59 Å². The Balaban J connectivity index is 1.33. The Kier molecular flexibility index (Phi) is 5.67. The van der Waals surface area contributed by atoms with Gasteiger partial charge in [-0.1, -0.05) is 24.3 Å². The molecule has 0 bridgehead atoms. The first kappa shape index (κ1) is 18.9. The molecule has 7 heteroatoms. The van der Waals surface area contributed by atoms with Gasteiger partial charge >= 0.3 is 0 Å². The van der Waals surface area contributed by atoms with Crippen molar-refractivity contribution in [3.05, 3.63) is 66.4 Å². The molecule has 1 aliphatic rings. The number of amides is 2. The average Bonchev–Trinajstić information content (AvgIpc) is 2.78. The number of benzene rings is 2. The zero-order valence-electron chi connectivity index (χ0n) is 15.8. The highest BCUT2D eigenvalue weighted by Gasteiger charge is 2.17. The first-order chi connectivity index (χ1) is 14.2. The Morgan fingerprint density at radius 3 is 2.55 bits per heavy atom. The molecule has 0 radical (unpaired) electrons. The molecule has 1 saturated heterocycles. The predicted molar refractivity (Wildman–Crippen MR) is 109 cm³/mol. The molecule has 2 heterocycles. The summed E-state index contributed by atoms with van der Waals surface area (Å²) in [6, 6.07) is 18.1. The first-order valence-electron chi connectivity index (χ1n) is 9.44. The summed E-state index contributed by atoms with van der Waals surface area (Å²) in [5.74, 6) is 0.216. The van der Waals surface area contributed by atoms with E-state index in [4.69, 9.17) is 9.47 Å². The van der Waals surface area contributed by atoms with Gasteiger partial charge in [-0.25, -0.2) is 4.98 Å². The summed E-state index contributed by atoms with van der Waals surface area (Å²) in [4.78, 5) is 30.7. The monoisotopic (exact) mass is 391 g/mol. The predicted octanol–water partition coefficient (Wildman–Crippen LogP) is 2.72.